The van der Waals surface area contributed by atoms with Crippen molar-refractivity contribution in [2.24, 2.45) is 0 Å². The van der Waals surface area contributed by atoms with Crippen LogP contribution in [0.5, 0.6) is 0 Å². The number of benzene rings is 1. The first-order valence-corrected chi connectivity index (χ1v) is 5.07. The molecule has 17 heavy (non-hydrogen) atoms. The Balaban J connectivity index is 3.33. The molecule has 0 bridgehead atoms. The van der Waals surface area contributed by atoms with Gasteiger partial charge >= 0.3 is 11.9 Å². The van der Waals surface area contributed by atoms with E-state index in [1.165, 1.54) is 19.1 Å². The normalized spacial score (nSPS) is 10.8. The number of rotatable bonds is 3. The first-order valence-electron chi connectivity index (χ1n) is 4.69. The minimum Gasteiger partial charge on any atom is -0.461 e. The highest BCUT2D eigenvalue weighted by Crippen LogP contribution is 2.36. The number of hydrogen-bond donors (Lipinski definition) is 0. The Morgan fingerprint density at radius 1 is 1.59 bits per heavy atom. The summed E-state index contributed by atoms with van der Waals surface area (Å²) >= 11 is 5.60. The third-order valence-corrected chi connectivity index (χ3v) is 2.29. The maximum atomic E-state index is 13.7. The number of carbonyl (C=O) groups is 1. The van der Waals surface area contributed by atoms with Crippen LogP contribution in [0.2, 0.25) is 5.02 Å². The summed E-state index contributed by atoms with van der Waals surface area (Å²) in [5.41, 5.74) is -1.17. The molecule has 0 atom stereocenters. The Kier molecular flexibility index (Phi) is 4.02. The average molecular weight is 260 g/mol. The Bertz CT molecular complexity index is 483. The average Bonchev–Trinajstić information content (AvgIpc) is 2.28. The van der Waals surface area contributed by atoms with E-state index >= 15 is 0 Å². The highest BCUT2D eigenvalue weighted by Gasteiger charge is 2.46. The van der Waals surface area contributed by atoms with E-state index in [4.69, 9.17) is 16.9 Å². The monoisotopic (exact) mass is 259 g/mol. The van der Waals surface area contributed by atoms with E-state index in [1.54, 1.807) is 6.07 Å². The topological polar surface area (TPSA) is 50.1 Å². The summed E-state index contributed by atoms with van der Waals surface area (Å²) in [4.78, 5) is 11.1. The van der Waals surface area contributed by atoms with E-state index in [2.05, 4.69) is 4.74 Å². The second-order valence-electron chi connectivity index (χ2n) is 3.07. The molecule has 0 spiro atoms. The largest absolute Gasteiger partial charge is 0.461 e. The van der Waals surface area contributed by atoms with E-state index in [0.29, 0.717) is 0 Å². The Morgan fingerprint density at radius 2 is 2.24 bits per heavy atom. The van der Waals surface area contributed by atoms with Crippen molar-refractivity contribution >= 4 is 17.6 Å². The van der Waals surface area contributed by atoms with Gasteiger partial charge in [0, 0.05) is 0 Å². The number of carbonyl (C=O) groups excluding carboxylic acids is 1. The van der Waals surface area contributed by atoms with Gasteiger partial charge in [-0.3, -0.25) is 0 Å². The highest BCUT2D eigenvalue weighted by molar-refractivity contribution is 6.31. The number of hydrogen-bond acceptors (Lipinski definition) is 3. The molecule has 0 saturated heterocycles. The number of halogens is 3. The second-order valence-corrected chi connectivity index (χ2v) is 3.48. The number of esters is 1. The van der Waals surface area contributed by atoms with E-state index in [9.17, 15) is 13.6 Å². The summed E-state index contributed by atoms with van der Waals surface area (Å²) in [5.74, 6) is -5.65. The van der Waals surface area contributed by atoms with Crippen molar-refractivity contribution in [3.05, 3.63) is 34.3 Å². The molecule has 0 unspecified atom stereocenters. The van der Waals surface area contributed by atoms with Crippen LogP contribution >= 0.6 is 11.6 Å². The first kappa shape index (κ1) is 13.4. The van der Waals surface area contributed by atoms with Gasteiger partial charge in [0.1, 0.15) is 0 Å². The number of ether oxygens (including phenoxy) is 1. The predicted molar refractivity (Wildman–Crippen MR) is 56.7 cm³/mol. The summed E-state index contributed by atoms with van der Waals surface area (Å²) in [6.07, 6.45) is 0. The number of alkyl halides is 2. The molecule has 0 fully saturated rings. The van der Waals surface area contributed by atoms with Gasteiger partial charge < -0.3 is 4.74 Å². The SMILES string of the molecule is CCOC(=O)C(F)(F)c1c(Cl)cccc1C#N. The van der Waals surface area contributed by atoms with Gasteiger partial charge in [0.15, 0.2) is 0 Å². The molecule has 0 heterocycles. The molecule has 0 aliphatic heterocycles. The molecule has 0 N–H and O–H groups in total. The Labute approximate surface area is 102 Å². The van der Waals surface area contributed by atoms with Gasteiger partial charge in [0.2, 0.25) is 0 Å². The van der Waals surface area contributed by atoms with E-state index in [1.807, 2.05) is 0 Å². The van der Waals surface area contributed by atoms with Crippen LogP contribution in [-0.4, -0.2) is 12.6 Å². The van der Waals surface area contributed by atoms with Gasteiger partial charge in [0.05, 0.1) is 28.8 Å². The van der Waals surface area contributed by atoms with Crippen molar-refractivity contribution in [1.29, 1.82) is 5.26 Å². The fourth-order valence-corrected chi connectivity index (χ4v) is 1.55. The van der Waals surface area contributed by atoms with Crippen molar-refractivity contribution in [3.63, 3.8) is 0 Å². The van der Waals surface area contributed by atoms with Crippen LogP contribution in [0, 0.1) is 11.3 Å². The maximum absolute atomic E-state index is 13.7. The molecule has 0 radical (unpaired) electrons. The molecule has 0 aliphatic carbocycles. The fourth-order valence-electron chi connectivity index (χ4n) is 1.26. The molecule has 0 aromatic heterocycles. The quantitative estimate of drug-likeness (QED) is 0.784. The van der Waals surface area contributed by atoms with Gasteiger partial charge in [-0.25, -0.2) is 4.79 Å². The predicted octanol–water partition coefficient (Wildman–Crippen LogP) is 2.87. The van der Waals surface area contributed by atoms with Crippen LogP contribution in [0.1, 0.15) is 18.1 Å². The molecule has 3 nitrogen and oxygen atoms in total. The molecular weight excluding hydrogens is 252 g/mol. The molecular formula is C11H8ClF2NO2. The van der Waals surface area contributed by atoms with Gasteiger partial charge in [-0.05, 0) is 19.1 Å². The minimum atomic E-state index is -3.93. The van der Waals surface area contributed by atoms with E-state index in [0.717, 1.165) is 6.07 Å². The highest BCUT2D eigenvalue weighted by atomic mass is 35.5. The lowest BCUT2D eigenvalue weighted by Crippen LogP contribution is -2.29. The Morgan fingerprint density at radius 3 is 2.76 bits per heavy atom. The molecule has 0 aliphatic rings. The van der Waals surface area contributed by atoms with Crippen molar-refractivity contribution in [2.75, 3.05) is 6.61 Å². The van der Waals surface area contributed by atoms with Gasteiger partial charge in [-0.2, -0.15) is 14.0 Å². The molecule has 0 saturated carbocycles. The standard InChI is InChI=1S/C11H8ClF2NO2/c1-2-17-10(16)11(13,14)9-7(6-15)4-3-5-8(9)12/h3-5H,2H2,1H3. The maximum Gasteiger partial charge on any atom is 0.382 e. The van der Waals surface area contributed by atoms with Crippen molar-refractivity contribution < 1.29 is 18.3 Å². The van der Waals surface area contributed by atoms with Crippen LogP contribution in [0.15, 0.2) is 18.2 Å². The molecule has 1 rings (SSSR count). The van der Waals surface area contributed by atoms with Crippen molar-refractivity contribution in [3.8, 4) is 6.07 Å². The zero-order valence-corrected chi connectivity index (χ0v) is 9.59. The minimum absolute atomic E-state index is 0.180. The molecule has 6 heteroatoms. The molecule has 1 aromatic rings. The molecule has 1 aromatic carbocycles. The van der Waals surface area contributed by atoms with Gasteiger partial charge in [-0.1, -0.05) is 17.7 Å². The Hall–Kier alpha value is -1.67. The second kappa shape index (κ2) is 5.11. The number of nitrogens with zero attached hydrogens (tertiary/aromatic N) is 1. The third kappa shape index (κ3) is 2.53. The van der Waals surface area contributed by atoms with E-state index in [-0.39, 0.29) is 17.2 Å². The lowest BCUT2D eigenvalue weighted by molar-refractivity contribution is -0.173. The number of nitriles is 1. The van der Waals surface area contributed by atoms with Crippen molar-refractivity contribution in [2.45, 2.75) is 12.8 Å². The summed E-state index contributed by atoms with van der Waals surface area (Å²) in [7, 11) is 0. The van der Waals surface area contributed by atoms with Crippen LogP contribution in [0.25, 0.3) is 0 Å². The summed E-state index contributed by atoms with van der Waals surface area (Å²) in [6.45, 7) is 1.23. The van der Waals surface area contributed by atoms with Crippen LogP contribution in [-0.2, 0) is 15.5 Å². The summed E-state index contributed by atoms with van der Waals surface area (Å²) < 4.78 is 31.7. The van der Waals surface area contributed by atoms with Crippen LogP contribution < -0.4 is 0 Å². The molecule has 0 amide bonds. The zero-order chi connectivity index (χ0) is 13.1. The van der Waals surface area contributed by atoms with Gasteiger partial charge in [0.25, 0.3) is 0 Å². The lowest BCUT2D eigenvalue weighted by atomic mass is 10.0. The summed E-state index contributed by atoms with van der Waals surface area (Å²) in [6, 6.07) is 5.27. The van der Waals surface area contributed by atoms with Crippen molar-refractivity contribution in [1.82, 2.24) is 0 Å². The van der Waals surface area contributed by atoms with E-state index < -0.39 is 17.5 Å². The van der Waals surface area contributed by atoms with Crippen LogP contribution in [0.4, 0.5) is 8.78 Å². The lowest BCUT2D eigenvalue weighted by Gasteiger charge is -2.17. The van der Waals surface area contributed by atoms with Gasteiger partial charge in [-0.15, -0.1) is 0 Å². The molecule has 90 valence electrons. The van der Waals surface area contributed by atoms with Crippen LogP contribution in [0.3, 0.4) is 0 Å². The third-order valence-electron chi connectivity index (χ3n) is 1.98. The summed E-state index contributed by atoms with van der Waals surface area (Å²) in [5, 5.41) is 8.38. The smallest absolute Gasteiger partial charge is 0.382 e. The fraction of sp³-hybridized carbons (Fsp3) is 0.273. The zero-order valence-electron chi connectivity index (χ0n) is 8.84. The first-order chi connectivity index (χ1) is 7.95.